The third-order valence-corrected chi connectivity index (χ3v) is 7.29. The molecule has 0 spiro atoms. The molecule has 4 rings (SSSR count). The summed E-state index contributed by atoms with van der Waals surface area (Å²) in [5.74, 6) is 3.44. The molecule has 3 aliphatic carbocycles. The summed E-state index contributed by atoms with van der Waals surface area (Å²) in [5.41, 5.74) is 2.86. The Morgan fingerprint density at radius 2 is 1.81 bits per heavy atom. The van der Waals surface area contributed by atoms with Crippen molar-refractivity contribution in [2.75, 3.05) is 0 Å². The van der Waals surface area contributed by atoms with Crippen LogP contribution in [0.25, 0.3) is 0 Å². The highest BCUT2D eigenvalue weighted by molar-refractivity contribution is 7.89. The van der Waals surface area contributed by atoms with Crippen LogP contribution in [0.2, 0.25) is 0 Å². The Labute approximate surface area is 138 Å². The van der Waals surface area contributed by atoms with E-state index in [9.17, 15) is 0 Å². The summed E-state index contributed by atoms with van der Waals surface area (Å²) in [6.45, 7) is 2.19. The molecular formula is C19H22S2. The van der Waals surface area contributed by atoms with E-state index in [4.69, 9.17) is 24.4 Å². The quantitative estimate of drug-likeness (QED) is 0.647. The van der Waals surface area contributed by atoms with Crippen molar-refractivity contribution in [1.82, 2.24) is 0 Å². The van der Waals surface area contributed by atoms with Gasteiger partial charge in [-0.05, 0) is 55.4 Å². The Morgan fingerprint density at radius 1 is 0.952 bits per heavy atom. The second-order valence-corrected chi connectivity index (χ2v) is 8.11. The number of benzene rings is 1. The molecule has 3 fully saturated rings. The van der Waals surface area contributed by atoms with Crippen molar-refractivity contribution in [1.29, 1.82) is 0 Å². The van der Waals surface area contributed by atoms with Gasteiger partial charge in [0.25, 0.3) is 0 Å². The maximum Gasteiger partial charge on any atom is 0.0334 e. The molecule has 3 aliphatic rings. The second kappa shape index (κ2) is 5.24. The molecule has 0 bridgehead atoms. The van der Waals surface area contributed by atoms with E-state index in [1.807, 2.05) is 0 Å². The minimum atomic E-state index is 0.554. The Hall–Kier alpha value is -0.600. The molecule has 2 heteroatoms. The van der Waals surface area contributed by atoms with Crippen LogP contribution in [0.4, 0.5) is 0 Å². The monoisotopic (exact) mass is 314 g/mol. The van der Waals surface area contributed by atoms with E-state index in [0.29, 0.717) is 17.8 Å². The van der Waals surface area contributed by atoms with Gasteiger partial charge in [-0.3, -0.25) is 0 Å². The van der Waals surface area contributed by atoms with Gasteiger partial charge >= 0.3 is 0 Å². The van der Waals surface area contributed by atoms with Crippen molar-refractivity contribution in [3.05, 3.63) is 35.4 Å². The van der Waals surface area contributed by atoms with Gasteiger partial charge < -0.3 is 0 Å². The van der Waals surface area contributed by atoms with Crippen molar-refractivity contribution in [2.24, 2.45) is 23.7 Å². The average Bonchev–Trinajstić information content (AvgIpc) is 2.75. The van der Waals surface area contributed by atoms with E-state index < -0.39 is 0 Å². The summed E-state index contributed by atoms with van der Waals surface area (Å²) in [4.78, 5) is 2.31. The molecule has 0 saturated heterocycles. The van der Waals surface area contributed by atoms with Gasteiger partial charge in [-0.15, -0.1) is 0 Å². The summed E-state index contributed by atoms with van der Waals surface area (Å²) < 4.78 is 0. The predicted octanol–water partition coefficient (Wildman–Crippen LogP) is 5.27. The van der Waals surface area contributed by atoms with Gasteiger partial charge in [0.15, 0.2) is 0 Å². The minimum absolute atomic E-state index is 0.554. The lowest BCUT2D eigenvalue weighted by atomic mass is 9.60. The predicted molar refractivity (Wildman–Crippen MR) is 96.2 cm³/mol. The standard InChI is InChI=1S/C19H22S2/c1-11-4-2-6-13(10-11)14-9-8-12-5-3-7-15-16(12)17(14)19(21)18(15)20/h2,4,6,10,12,14-17H,3,5,7-9H2,1H3. The molecule has 110 valence electrons. The first-order valence-electron chi connectivity index (χ1n) is 8.31. The van der Waals surface area contributed by atoms with Gasteiger partial charge in [0, 0.05) is 15.6 Å². The van der Waals surface area contributed by atoms with Crippen LogP contribution < -0.4 is 0 Å². The van der Waals surface area contributed by atoms with Crippen LogP contribution in [0.1, 0.15) is 49.1 Å². The minimum Gasteiger partial charge on any atom is -0.0834 e. The fourth-order valence-electron chi connectivity index (χ4n) is 5.32. The first kappa shape index (κ1) is 14.0. The first-order chi connectivity index (χ1) is 10.2. The summed E-state index contributed by atoms with van der Waals surface area (Å²) in [6.07, 6.45) is 6.73. The van der Waals surface area contributed by atoms with Gasteiger partial charge in [0.05, 0.1) is 0 Å². The highest BCUT2D eigenvalue weighted by Crippen LogP contribution is 2.57. The van der Waals surface area contributed by atoms with E-state index in [2.05, 4.69) is 31.2 Å². The summed E-state index contributed by atoms with van der Waals surface area (Å²) in [7, 11) is 0. The molecule has 0 aliphatic heterocycles. The van der Waals surface area contributed by atoms with Crippen molar-refractivity contribution in [2.45, 2.75) is 44.9 Å². The average molecular weight is 315 g/mol. The Bertz CT molecular complexity index is 603. The molecule has 21 heavy (non-hydrogen) atoms. The summed E-state index contributed by atoms with van der Waals surface area (Å²) in [5, 5.41) is 0. The lowest BCUT2D eigenvalue weighted by Crippen LogP contribution is -2.37. The highest BCUT2D eigenvalue weighted by Gasteiger charge is 2.53. The molecule has 1 aromatic rings. The molecule has 0 aromatic heterocycles. The van der Waals surface area contributed by atoms with Crippen LogP contribution in [0.5, 0.6) is 0 Å². The second-order valence-electron chi connectivity index (χ2n) is 7.23. The lowest BCUT2D eigenvalue weighted by Gasteiger charge is -2.44. The van der Waals surface area contributed by atoms with E-state index in [1.165, 1.54) is 43.2 Å². The van der Waals surface area contributed by atoms with E-state index in [1.54, 1.807) is 0 Å². The fourth-order valence-corrected chi connectivity index (χ4v) is 6.20. The summed E-state index contributed by atoms with van der Waals surface area (Å²) in [6, 6.07) is 9.06. The maximum absolute atomic E-state index is 5.83. The van der Waals surface area contributed by atoms with E-state index in [-0.39, 0.29) is 0 Å². The van der Waals surface area contributed by atoms with Gasteiger partial charge in [0.2, 0.25) is 0 Å². The Kier molecular flexibility index (Phi) is 3.50. The fraction of sp³-hybridized carbons (Fsp3) is 0.579. The molecule has 5 atom stereocenters. The molecule has 0 heterocycles. The Morgan fingerprint density at radius 3 is 2.62 bits per heavy atom. The normalized spacial score (nSPS) is 38.4. The number of hydrogen-bond acceptors (Lipinski definition) is 2. The molecule has 5 unspecified atom stereocenters. The Balaban J connectivity index is 1.75. The van der Waals surface area contributed by atoms with Gasteiger partial charge in [-0.1, -0.05) is 67.1 Å². The third kappa shape index (κ3) is 2.14. The van der Waals surface area contributed by atoms with Crippen LogP contribution in [-0.2, 0) is 0 Å². The lowest BCUT2D eigenvalue weighted by molar-refractivity contribution is 0.107. The zero-order chi connectivity index (χ0) is 14.6. The van der Waals surface area contributed by atoms with Gasteiger partial charge in [0.1, 0.15) is 0 Å². The van der Waals surface area contributed by atoms with Crippen molar-refractivity contribution < 1.29 is 0 Å². The van der Waals surface area contributed by atoms with Gasteiger partial charge in [-0.25, -0.2) is 0 Å². The van der Waals surface area contributed by atoms with Crippen molar-refractivity contribution in [3.63, 3.8) is 0 Å². The number of thiocarbonyl (C=S) groups is 2. The maximum atomic E-state index is 5.83. The number of rotatable bonds is 1. The van der Waals surface area contributed by atoms with E-state index >= 15 is 0 Å². The smallest absolute Gasteiger partial charge is 0.0334 e. The van der Waals surface area contributed by atoms with Crippen molar-refractivity contribution >= 4 is 34.2 Å². The molecule has 0 nitrogen and oxygen atoms in total. The van der Waals surface area contributed by atoms with Crippen LogP contribution >= 0.6 is 24.4 Å². The van der Waals surface area contributed by atoms with E-state index in [0.717, 1.165) is 21.6 Å². The molecule has 1 aromatic carbocycles. The van der Waals surface area contributed by atoms with Gasteiger partial charge in [-0.2, -0.15) is 0 Å². The summed E-state index contributed by atoms with van der Waals surface area (Å²) >= 11 is 11.6. The number of aryl methyl sites for hydroxylation is 1. The topological polar surface area (TPSA) is 0 Å². The molecular weight excluding hydrogens is 292 g/mol. The largest absolute Gasteiger partial charge is 0.0834 e. The first-order valence-corrected chi connectivity index (χ1v) is 9.13. The number of hydrogen-bond donors (Lipinski definition) is 0. The van der Waals surface area contributed by atoms with Crippen LogP contribution in [0, 0.1) is 30.6 Å². The molecule has 0 radical (unpaired) electrons. The zero-order valence-corrected chi connectivity index (χ0v) is 14.2. The highest BCUT2D eigenvalue weighted by atomic mass is 32.1. The third-order valence-electron chi connectivity index (χ3n) is 6.15. The molecule has 0 N–H and O–H groups in total. The van der Waals surface area contributed by atoms with Crippen LogP contribution in [0.15, 0.2) is 24.3 Å². The molecule has 3 saturated carbocycles. The zero-order valence-electron chi connectivity index (χ0n) is 12.5. The molecule has 0 amide bonds. The van der Waals surface area contributed by atoms with Crippen LogP contribution in [0.3, 0.4) is 0 Å². The van der Waals surface area contributed by atoms with Crippen molar-refractivity contribution in [3.8, 4) is 0 Å². The SMILES string of the molecule is Cc1cccc(C2CCC3CCCC4C(=S)C(=S)C2C34)c1. The van der Waals surface area contributed by atoms with Crippen LogP contribution in [-0.4, -0.2) is 9.73 Å².